The van der Waals surface area contributed by atoms with Crippen molar-refractivity contribution >= 4 is 17.5 Å². The standard InChI is InChI=1S/C8H8N4S/c9-8-7(11-13-12-8)5-6-1-3-10-4-2-6/h1-4H,5H2,(H2,9,12). The van der Waals surface area contributed by atoms with Gasteiger partial charge in [0.15, 0.2) is 5.82 Å². The molecule has 0 saturated carbocycles. The smallest absolute Gasteiger partial charge is 0.161 e. The van der Waals surface area contributed by atoms with E-state index < -0.39 is 0 Å². The van der Waals surface area contributed by atoms with Crippen LogP contribution in [-0.2, 0) is 6.42 Å². The van der Waals surface area contributed by atoms with Gasteiger partial charge >= 0.3 is 0 Å². The van der Waals surface area contributed by atoms with Crippen LogP contribution in [0.3, 0.4) is 0 Å². The second-order valence-electron chi connectivity index (χ2n) is 2.63. The van der Waals surface area contributed by atoms with Gasteiger partial charge in [-0.1, -0.05) is 0 Å². The van der Waals surface area contributed by atoms with Crippen molar-refractivity contribution in [1.82, 2.24) is 13.7 Å². The second-order valence-corrected chi connectivity index (χ2v) is 3.16. The van der Waals surface area contributed by atoms with Crippen LogP contribution >= 0.6 is 11.7 Å². The van der Waals surface area contributed by atoms with Crippen LogP contribution in [-0.4, -0.2) is 13.7 Å². The summed E-state index contributed by atoms with van der Waals surface area (Å²) in [6, 6.07) is 3.89. The molecule has 5 heteroatoms. The van der Waals surface area contributed by atoms with E-state index in [1.54, 1.807) is 12.4 Å². The third kappa shape index (κ3) is 1.81. The molecule has 0 spiro atoms. The Hall–Kier alpha value is -1.49. The number of nitrogens with zero attached hydrogens (tertiary/aromatic N) is 3. The highest BCUT2D eigenvalue weighted by Gasteiger charge is 2.04. The Bertz CT molecular complexity index is 384. The van der Waals surface area contributed by atoms with Crippen molar-refractivity contribution in [2.24, 2.45) is 0 Å². The molecule has 0 fully saturated rings. The Morgan fingerprint density at radius 2 is 2.00 bits per heavy atom. The summed E-state index contributed by atoms with van der Waals surface area (Å²) in [7, 11) is 0. The monoisotopic (exact) mass is 192 g/mol. The molecular formula is C8H8N4S. The average molecular weight is 192 g/mol. The number of nitrogen functional groups attached to an aromatic ring is 1. The molecule has 0 radical (unpaired) electrons. The molecule has 0 bridgehead atoms. The zero-order chi connectivity index (χ0) is 9.10. The first-order valence-electron chi connectivity index (χ1n) is 3.82. The van der Waals surface area contributed by atoms with E-state index in [1.807, 2.05) is 12.1 Å². The maximum Gasteiger partial charge on any atom is 0.161 e. The summed E-state index contributed by atoms with van der Waals surface area (Å²) in [5, 5.41) is 0. The number of nitrogens with two attached hydrogens (primary N) is 1. The summed E-state index contributed by atoms with van der Waals surface area (Å²) in [5.41, 5.74) is 7.60. The van der Waals surface area contributed by atoms with Gasteiger partial charge in [0.05, 0.1) is 11.7 Å². The lowest BCUT2D eigenvalue weighted by Gasteiger charge is -1.96. The van der Waals surface area contributed by atoms with Crippen molar-refractivity contribution in [2.75, 3.05) is 5.73 Å². The fraction of sp³-hybridized carbons (Fsp3) is 0.125. The lowest BCUT2D eigenvalue weighted by Crippen LogP contribution is -1.94. The van der Waals surface area contributed by atoms with Crippen LogP contribution in [0.25, 0.3) is 0 Å². The lowest BCUT2D eigenvalue weighted by atomic mass is 10.1. The summed E-state index contributed by atoms with van der Waals surface area (Å²) < 4.78 is 8.00. The quantitative estimate of drug-likeness (QED) is 0.774. The molecule has 2 heterocycles. The third-order valence-corrected chi connectivity index (χ3v) is 2.29. The number of hydrogen-bond acceptors (Lipinski definition) is 5. The van der Waals surface area contributed by atoms with Gasteiger partial charge in [-0.05, 0) is 17.7 Å². The van der Waals surface area contributed by atoms with Crippen molar-refractivity contribution in [3.05, 3.63) is 35.8 Å². The van der Waals surface area contributed by atoms with Crippen molar-refractivity contribution in [1.29, 1.82) is 0 Å². The zero-order valence-corrected chi connectivity index (χ0v) is 7.66. The first-order valence-corrected chi connectivity index (χ1v) is 4.55. The topological polar surface area (TPSA) is 64.7 Å². The fourth-order valence-corrected chi connectivity index (χ4v) is 1.52. The molecule has 66 valence electrons. The molecule has 0 aliphatic heterocycles. The number of anilines is 1. The highest BCUT2D eigenvalue weighted by molar-refractivity contribution is 6.99. The lowest BCUT2D eigenvalue weighted by molar-refractivity contribution is 1.12. The first-order chi connectivity index (χ1) is 6.36. The summed E-state index contributed by atoms with van der Waals surface area (Å²) in [6.45, 7) is 0. The molecule has 2 N–H and O–H groups in total. The van der Waals surface area contributed by atoms with Crippen LogP contribution in [0.15, 0.2) is 24.5 Å². The predicted molar refractivity (Wildman–Crippen MR) is 51.4 cm³/mol. The van der Waals surface area contributed by atoms with Gasteiger partial charge in [0.25, 0.3) is 0 Å². The van der Waals surface area contributed by atoms with E-state index in [0.29, 0.717) is 5.82 Å². The number of pyridine rings is 1. The van der Waals surface area contributed by atoms with Crippen LogP contribution in [0, 0.1) is 0 Å². The van der Waals surface area contributed by atoms with Crippen LogP contribution in [0.1, 0.15) is 11.3 Å². The normalized spacial score (nSPS) is 10.2. The number of hydrogen-bond donors (Lipinski definition) is 1. The van der Waals surface area contributed by atoms with Gasteiger partial charge < -0.3 is 5.73 Å². The Morgan fingerprint density at radius 3 is 2.62 bits per heavy atom. The predicted octanol–water partition coefficient (Wildman–Crippen LogP) is 1.11. The molecule has 0 aliphatic rings. The minimum atomic E-state index is 0.529. The van der Waals surface area contributed by atoms with Crippen LogP contribution < -0.4 is 5.73 Å². The molecule has 13 heavy (non-hydrogen) atoms. The maximum absolute atomic E-state index is 5.61. The Labute approximate surface area is 79.8 Å². The summed E-state index contributed by atoms with van der Waals surface area (Å²) in [6.07, 6.45) is 4.24. The summed E-state index contributed by atoms with van der Waals surface area (Å²) in [5.74, 6) is 0.529. The summed E-state index contributed by atoms with van der Waals surface area (Å²) in [4.78, 5) is 3.93. The van der Waals surface area contributed by atoms with E-state index in [2.05, 4.69) is 13.7 Å². The molecule has 4 nitrogen and oxygen atoms in total. The minimum Gasteiger partial charge on any atom is -0.381 e. The largest absolute Gasteiger partial charge is 0.381 e. The van der Waals surface area contributed by atoms with Crippen molar-refractivity contribution in [3.63, 3.8) is 0 Å². The molecule has 0 amide bonds. The van der Waals surface area contributed by atoms with Gasteiger partial charge in [-0.25, -0.2) is 0 Å². The molecular weight excluding hydrogens is 184 g/mol. The number of rotatable bonds is 2. The molecule has 2 aromatic heterocycles. The van der Waals surface area contributed by atoms with Gasteiger partial charge in [0.1, 0.15) is 5.69 Å². The van der Waals surface area contributed by atoms with Gasteiger partial charge in [-0.2, -0.15) is 8.75 Å². The van der Waals surface area contributed by atoms with E-state index in [-0.39, 0.29) is 0 Å². The fourth-order valence-electron chi connectivity index (χ4n) is 1.03. The molecule has 0 unspecified atom stereocenters. The van der Waals surface area contributed by atoms with E-state index in [1.165, 1.54) is 0 Å². The van der Waals surface area contributed by atoms with Gasteiger partial charge in [0.2, 0.25) is 0 Å². The Balaban J connectivity index is 2.20. The van der Waals surface area contributed by atoms with E-state index in [9.17, 15) is 0 Å². The van der Waals surface area contributed by atoms with E-state index in [0.717, 1.165) is 29.4 Å². The van der Waals surface area contributed by atoms with Gasteiger partial charge in [-0.15, -0.1) is 0 Å². The highest BCUT2D eigenvalue weighted by atomic mass is 32.1. The van der Waals surface area contributed by atoms with E-state index in [4.69, 9.17) is 5.73 Å². The van der Waals surface area contributed by atoms with Crippen molar-refractivity contribution < 1.29 is 0 Å². The molecule has 2 aromatic rings. The maximum atomic E-state index is 5.61. The second kappa shape index (κ2) is 3.49. The molecule has 0 atom stereocenters. The first kappa shape index (κ1) is 8.12. The van der Waals surface area contributed by atoms with Gasteiger partial charge in [0, 0.05) is 18.8 Å². The Kier molecular flexibility index (Phi) is 2.18. The van der Waals surface area contributed by atoms with E-state index >= 15 is 0 Å². The van der Waals surface area contributed by atoms with Crippen LogP contribution in [0.5, 0.6) is 0 Å². The van der Waals surface area contributed by atoms with Gasteiger partial charge in [-0.3, -0.25) is 4.98 Å². The minimum absolute atomic E-state index is 0.529. The molecule has 0 aromatic carbocycles. The van der Waals surface area contributed by atoms with Crippen molar-refractivity contribution in [2.45, 2.75) is 6.42 Å². The SMILES string of the molecule is Nc1nsnc1Cc1ccncc1. The third-order valence-electron chi connectivity index (χ3n) is 1.71. The van der Waals surface area contributed by atoms with Crippen LogP contribution in [0.2, 0.25) is 0 Å². The molecule has 2 rings (SSSR count). The average Bonchev–Trinajstić information content (AvgIpc) is 2.54. The zero-order valence-electron chi connectivity index (χ0n) is 6.84. The molecule has 0 saturated heterocycles. The number of aromatic nitrogens is 3. The Morgan fingerprint density at radius 1 is 1.23 bits per heavy atom. The molecule has 0 aliphatic carbocycles. The van der Waals surface area contributed by atoms with Crippen molar-refractivity contribution in [3.8, 4) is 0 Å². The van der Waals surface area contributed by atoms with Crippen LogP contribution in [0.4, 0.5) is 5.82 Å². The summed E-state index contributed by atoms with van der Waals surface area (Å²) >= 11 is 1.14. The highest BCUT2D eigenvalue weighted by Crippen LogP contribution is 2.12.